The van der Waals surface area contributed by atoms with Gasteiger partial charge in [0, 0.05) is 0 Å². The number of carbonyl (C=O) groups is 1. The van der Waals surface area contributed by atoms with E-state index < -0.39 is 11.4 Å². The maximum Gasteiger partial charge on any atom is 0.309 e. The molecule has 4 nitrogen and oxygen atoms in total. The fraction of sp³-hybridized carbons (Fsp3) is 0.533. The lowest BCUT2D eigenvalue weighted by atomic mass is 9.76. The SMILES string of the molecule is Cc1ccccc1OCCC1(C(=O)O)CCNCC1. The monoisotopic (exact) mass is 263 g/mol. The third-order valence-electron chi connectivity index (χ3n) is 3.95. The highest BCUT2D eigenvalue weighted by Crippen LogP contribution is 2.33. The van der Waals surface area contributed by atoms with Crippen molar-refractivity contribution in [1.29, 1.82) is 0 Å². The Balaban J connectivity index is 1.93. The zero-order chi connectivity index (χ0) is 13.7. The van der Waals surface area contributed by atoms with Crippen molar-refractivity contribution in [2.24, 2.45) is 5.41 Å². The van der Waals surface area contributed by atoms with E-state index in [1.807, 2.05) is 31.2 Å². The third kappa shape index (κ3) is 3.26. The molecule has 1 saturated heterocycles. The van der Waals surface area contributed by atoms with Gasteiger partial charge in [-0.3, -0.25) is 4.79 Å². The highest BCUT2D eigenvalue weighted by molar-refractivity contribution is 5.74. The van der Waals surface area contributed by atoms with Crippen molar-refractivity contribution < 1.29 is 14.6 Å². The minimum atomic E-state index is -0.692. The van der Waals surface area contributed by atoms with E-state index in [0.29, 0.717) is 25.9 Å². The summed E-state index contributed by atoms with van der Waals surface area (Å²) in [7, 11) is 0. The smallest absolute Gasteiger partial charge is 0.309 e. The maximum absolute atomic E-state index is 11.5. The molecule has 104 valence electrons. The van der Waals surface area contributed by atoms with Gasteiger partial charge in [-0.05, 0) is 50.9 Å². The lowest BCUT2D eigenvalue weighted by Gasteiger charge is -2.33. The van der Waals surface area contributed by atoms with Crippen LogP contribution >= 0.6 is 0 Å². The summed E-state index contributed by atoms with van der Waals surface area (Å²) in [6.45, 7) is 4.00. The minimum absolute atomic E-state index is 0.456. The second-order valence-electron chi connectivity index (χ2n) is 5.20. The molecule has 2 N–H and O–H groups in total. The van der Waals surface area contributed by atoms with Crippen LogP contribution in [-0.4, -0.2) is 30.8 Å². The second kappa shape index (κ2) is 6.06. The molecule has 19 heavy (non-hydrogen) atoms. The zero-order valence-corrected chi connectivity index (χ0v) is 11.3. The van der Waals surface area contributed by atoms with E-state index in [9.17, 15) is 9.90 Å². The van der Waals surface area contributed by atoms with Crippen molar-refractivity contribution in [2.45, 2.75) is 26.2 Å². The molecule has 1 aromatic carbocycles. The number of piperidine rings is 1. The quantitative estimate of drug-likeness (QED) is 0.855. The van der Waals surface area contributed by atoms with Crippen LogP contribution in [0.25, 0.3) is 0 Å². The third-order valence-corrected chi connectivity index (χ3v) is 3.95. The van der Waals surface area contributed by atoms with E-state index >= 15 is 0 Å². The number of carboxylic acids is 1. The fourth-order valence-corrected chi connectivity index (χ4v) is 2.55. The van der Waals surface area contributed by atoms with Crippen LogP contribution in [-0.2, 0) is 4.79 Å². The van der Waals surface area contributed by atoms with Gasteiger partial charge < -0.3 is 15.2 Å². The Hall–Kier alpha value is -1.55. The molecular formula is C15H21NO3. The number of nitrogens with one attached hydrogen (secondary N) is 1. The summed E-state index contributed by atoms with van der Waals surface area (Å²) in [6, 6.07) is 7.81. The Labute approximate surface area is 113 Å². The predicted molar refractivity (Wildman–Crippen MR) is 73.5 cm³/mol. The average molecular weight is 263 g/mol. The molecule has 0 aliphatic carbocycles. The van der Waals surface area contributed by atoms with E-state index in [-0.39, 0.29) is 0 Å². The first kappa shape index (κ1) is 13.9. The maximum atomic E-state index is 11.5. The molecule has 0 spiro atoms. The lowest BCUT2D eigenvalue weighted by Crippen LogP contribution is -2.43. The van der Waals surface area contributed by atoms with Gasteiger partial charge in [0.1, 0.15) is 5.75 Å². The summed E-state index contributed by atoms with van der Waals surface area (Å²) >= 11 is 0. The van der Waals surface area contributed by atoms with E-state index in [1.54, 1.807) is 0 Å². The van der Waals surface area contributed by atoms with Crippen LogP contribution in [0.2, 0.25) is 0 Å². The Morgan fingerprint density at radius 3 is 2.68 bits per heavy atom. The molecule has 1 aromatic rings. The molecule has 1 fully saturated rings. The highest BCUT2D eigenvalue weighted by atomic mass is 16.5. The van der Waals surface area contributed by atoms with Gasteiger partial charge in [-0.1, -0.05) is 18.2 Å². The summed E-state index contributed by atoms with van der Waals surface area (Å²) in [5, 5.41) is 12.7. The van der Waals surface area contributed by atoms with Gasteiger partial charge in [0.05, 0.1) is 12.0 Å². The lowest BCUT2D eigenvalue weighted by molar-refractivity contribution is -0.151. The summed E-state index contributed by atoms with van der Waals surface area (Å²) in [6.07, 6.45) is 1.93. The molecule has 0 radical (unpaired) electrons. The van der Waals surface area contributed by atoms with Gasteiger partial charge in [0.15, 0.2) is 0 Å². The number of benzene rings is 1. The molecule has 0 atom stereocenters. The summed E-state index contributed by atoms with van der Waals surface area (Å²) in [5.74, 6) is 0.152. The van der Waals surface area contributed by atoms with E-state index in [4.69, 9.17) is 4.74 Å². The molecule has 1 heterocycles. The van der Waals surface area contributed by atoms with Crippen molar-refractivity contribution in [3.05, 3.63) is 29.8 Å². The van der Waals surface area contributed by atoms with E-state index in [0.717, 1.165) is 24.4 Å². The van der Waals surface area contributed by atoms with Gasteiger partial charge in [0.2, 0.25) is 0 Å². The molecule has 0 unspecified atom stereocenters. The first-order valence-corrected chi connectivity index (χ1v) is 6.77. The van der Waals surface area contributed by atoms with Crippen LogP contribution in [0.3, 0.4) is 0 Å². The van der Waals surface area contributed by atoms with E-state index in [1.165, 1.54) is 0 Å². The number of carboxylic acid groups (broad SMARTS) is 1. The van der Waals surface area contributed by atoms with Crippen LogP contribution in [0.15, 0.2) is 24.3 Å². The van der Waals surface area contributed by atoms with Gasteiger partial charge in [-0.25, -0.2) is 0 Å². The molecular weight excluding hydrogens is 242 g/mol. The molecule has 2 rings (SSSR count). The first-order valence-electron chi connectivity index (χ1n) is 6.77. The van der Waals surface area contributed by atoms with Crippen LogP contribution < -0.4 is 10.1 Å². The second-order valence-corrected chi connectivity index (χ2v) is 5.20. The van der Waals surface area contributed by atoms with Gasteiger partial charge in [0.25, 0.3) is 0 Å². The van der Waals surface area contributed by atoms with E-state index in [2.05, 4.69) is 5.32 Å². The molecule has 0 saturated carbocycles. The van der Waals surface area contributed by atoms with Crippen LogP contribution in [0.1, 0.15) is 24.8 Å². The van der Waals surface area contributed by atoms with Crippen molar-refractivity contribution in [2.75, 3.05) is 19.7 Å². The van der Waals surface area contributed by atoms with Crippen molar-refractivity contribution in [3.63, 3.8) is 0 Å². The van der Waals surface area contributed by atoms with Crippen LogP contribution in [0, 0.1) is 12.3 Å². The predicted octanol–water partition coefficient (Wildman–Crippen LogP) is 2.22. The number of hydrogen-bond acceptors (Lipinski definition) is 3. The normalized spacial score (nSPS) is 17.9. The van der Waals surface area contributed by atoms with Gasteiger partial charge in [-0.15, -0.1) is 0 Å². The van der Waals surface area contributed by atoms with Crippen molar-refractivity contribution in [1.82, 2.24) is 5.32 Å². The average Bonchev–Trinajstić information content (AvgIpc) is 2.42. The van der Waals surface area contributed by atoms with Crippen molar-refractivity contribution in [3.8, 4) is 5.75 Å². The summed E-state index contributed by atoms with van der Waals surface area (Å²) < 4.78 is 5.73. The standard InChI is InChI=1S/C15H21NO3/c1-12-4-2-3-5-13(12)19-11-8-15(14(17)18)6-9-16-10-7-15/h2-5,16H,6-11H2,1H3,(H,17,18). The first-order chi connectivity index (χ1) is 9.14. The number of aliphatic carboxylic acids is 1. The number of para-hydroxylation sites is 1. The number of aryl methyl sites for hydroxylation is 1. The highest BCUT2D eigenvalue weighted by Gasteiger charge is 2.39. The molecule has 4 heteroatoms. The molecule has 0 amide bonds. The molecule has 1 aliphatic heterocycles. The largest absolute Gasteiger partial charge is 0.493 e. The van der Waals surface area contributed by atoms with Crippen LogP contribution in [0.5, 0.6) is 5.75 Å². The number of ether oxygens (including phenoxy) is 1. The molecule has 1 aliphatic rings. The number of rotatable bonds is 5. The topological polar surface area (TPSA) is 58.6 Å². The fourth-order valence-electron chi connectivity index (χ4n) is 2.55. The molecule has 0 bridgehead atoms. The minimum Gasteiger partial charge on any atom is -0.493 e. The Morgan fingerprint density at radius 2 is 2.05 bits per heavy atom. The Kier molecular flexibility index (Phi) is 4.43. The zero-order valence-electron chi connectivity index (χ0n) is 11.3. The van der Waals surface area contributed by atoms with Gasteiger partial charge >= 0.3 is 5.97 Å². The van der Waals surface area contributed by atoms with Gasteiger partial charge in [-0.2, -0.15) is 0 Å². The summed E-state index contributed by atoms with van der Waals surface area (Å²) in [4.78, 5) is 11.5. The molecule has 0 aromatic heterocycles. The van der Waals surface area contributed by atoms with Crippen LogP contribution in [0.4, 0.5) is 0 Å². The Bertz CT molecular complexity index is 439. The Morgan fingerprint density at radius 1 is 1.37 bits per heavy atom. The summed E-state index contributed by atoms with van der Waals surface area (Å²) in [5.41, 5.74) is 0.464. The number of hydrogen-bond donors (Lipinski definition) is 2. The van der Waals surface area contributed by atoms with Crippen molar-refractivity contribution >= 4 is 5.97 Å².